The minimum atomic E-state index is -0.450. The Morgan fingerprint density at radius 3 is 2.69 bits per heavy atom. The van der Waals surface area contributed by atoms with E-state index in [9.17, 15) is 4.39 Å². The number of anilines is 1. The largest absolute Gasteiger partial charge is 0.494 e. The maximum atomic E-state index is 13.5. The molecular formula is C11H11FN2O2. The van der Waals surface area contributed by atoms with Crippen LogP contribution in [0, 0.1) is 12.7 Å². The zero-order valence-electron chi connectivity index (χ0n) is 8.95. The Bertz CT molecular complexity index is 523. The minimum absolute atomic E-state index is 0.189. The number of ether oxygens (including phenoxy) is 1. The van der Waals surface area contributed by atoms with Crippen molar-refractivity contribution in [2.45, 2.75) is 6.92 Å². The lowest BCUT2D eigenvalue weighted by atomic mass is 10.1. The molecule has 1 aromatic carbocycles. The van der Waals surface area contributed by atoms with E-state index in [0.717, 1.165) is 0 Å². The Hall–Kier alpha value is -2.04. The third kappa shape index (κ3) is 1.60. The van der Waals surface area contributed by atoms with Crippen molar-refractivity contribution in [3.05, 3.63) is 29.6 Å². The minimum Gasteiger partial charge on any atom is -0.494 e. The van der Waals surface area contributed by atoms with Crippen LogP contribution in [0.1, 0.15) is 5.56 Å². The van der Waals surface area contributed by atoms with E-state index in [1.165, 1.54) is 19.2 Å². The zero-order chi connectivity index (χ0) is 11.7. The fourth-order valence-corrected chi connectivity index (χ4v) is 1.42. The highest BCUT2D eigenvalue weighted by Crippen LogP contribution is 2.29. The van der Waals surface area contributed by atoms with Gasteiger partial charge in [-0.1, -0.05) is 5.16 Å². The maximum Gasteiger partial charge on any atom is 0.172 e. The first-order chi connectivity index (χ1) is 7.63. The van der Waals surface area contributed by atoms with Crippen molar-refractivity contribution in [1.82, 2.24) is 5.16 Å². The highest BCUT2D eigenvalue weighted by molar-refractivity contribution is 5.66. The topological polar surface area (TPSA) is 61.3 Å². The summed E-state index contributed by atoms with van der Waals surface area (Å²) in [5.41, 5.74) is 6.83. The third-order valence-electron chi connectivity index (χ3n) is 2.37. The van der Waals surface area contributed by atoms with E-state index in [1.807, 2.05) is 0 Å². The number of aromatic nitrogens is 1. The van der Waals surface area contributed by atoms with Gasteiger partial charge in [-0.2, -0.15) is 0 Å². The Balaban J connectivity index is 2.49. The van der Waals surface area contributed by atoms with Crippen molar-refractivity contribution in [1.29, 1.82) is 0 Å². The standard InChI is InChI=1S/C11H11FN2O2/c1-6-10(16-14-11(6)13)7-3-4-9(15-2)8(12)5-7/h3-5H,1-2H3,(H2,13,14). The fraction of sp³-hybridized carbons (Fsp3) is 0.182. The summed E-state index contributed by atoms with van der Waals surface area (Å²) in [5, 5.41) is 3.61. The molecule has 84 valence electrons. The van der Waals surface area contributed by atoms with Gasteiger partial charge in [0.1, 0.15) is 0 Å². The van der Waals surface area contributed by atoms with Gasteiger partial charge in [0.05, 0.1) is 7.11 Å². The Morgan fingerprint density at radius 1 is 1.44 bits per heavy atom. The van der Waals surface area contributed by atoms with Gasteiger partial charge in [-0.15, -0.1) is 0 Å². The molecule has 2 rings (SSSR count). The van der Waals surface area contributed by atoms with Crippen LogP contribution in [0.4, 0.5) is 10.2 Å². The Kier molecular flexibility index (Phi) is 2.52. The summed E-state index contributed by atoms with van der Waals surface area (Å²) >= 11 is 0. The lowest BCUT2D eigenvalue weighted by Gasteiger charge is -2.03. The van der Waals surface area contributed by atoms with Crippen molar-refractivity contribution >= 4 is 5.82 Å². The van der Waals surface area contributed by atoms with Crippen LogP contribution in [0.15, 0.2) is 22.7 Å². The molecule has 0 aliphatic heterocycles. The molecule has 4 nitrogen and oxygen atoms in total. The Morgan fingerprint density at radius 2 is 2.19 bits per heavy atom. The van der Waals surface area contributed by atoms with E-state index in [1.54, 1.807) is 13.0 Å². The van der Waals surface area contributed by atoms with Crippen molar-refractivity contribution in [3.8, 4) is 17.1 Å². The lowest BCUT2D eigenvalue weighted by Crippen LogP contribution is -1.89. The quantitative estimate of drug-likeness (QED) is 0.847. The van der Waals surface area contributed by atoms with Crippen LogP contribution in [-0.2, 0) is 0 Å². The summed E-state index contributed by atoms with van der Waals surface area (Å²) in [5.74, 6) is 0.522. The molecule has 16 heavy (non-hydrogen) atoms. The molecular weight excluding hydrogens is 211 g/mol. The van der Waals surface area contributed by atoms with Crippen LogP contribution in [0.5, 0.6) is 5.75 Å². The second-order valence-electron chi connectivity index (χ2n) is 3.37. The molecule has 0 saturated heterocycles. The van der Waals surface area contributed by atoms with Crippen molar-refractivity contribution in [2.24, 2.45) is 0 Å². The van der Waals surface area contributed by atoms with E-state index >= 15 is 0 Å². The smallest absolute Gasteiger partial charge is 0.172 e. The Labute approximate surface area is 91.8 Å². The normalized spacial score (nSPS) is 10.4. The van der Waals surface area contributed by atoms with Gasteiger partial charge in [0, 0.05) is 11.1 Å². The van der Waals surface area contributed by atoms with Gasteiger partial charge in [0.15, 0.2) is 23.1 Å². The first-order valence-corrected chi connectivity index (χ1v) is 4.69. The van der Waals surface area contributed by atoms with Gasteiger partial charge in [0.2, 0.25) is 0 Å². The molecule has 5 heteroatoms. The van der Waals surface area contributed by atoms with Crippen LogP contribution >= 0.6 is 0 Å². The van der Waals surface area contributed by atoms with Gasteiger partial charge < -0.3 is 15.0 Å². The van der Waals surface area contributed by atoms with E-state index in [4.69, 9.17) is 15.0 Å². The van der Waals surface area contributed by atoms with E-state index in [-0.39, 0.29) is 5.75 Å². The van der Waals surface area contributed by atoms with Crippen LogP contribution < -0.4 is 10.5 Å². The van der Waals surface area contributed by atoms with Gasteiger partial charge in [-0.3, -0.25) is 0 Å². The summed E-state index contributed by atoms with van der Waals surface area (Å²) in [7, 11) is 1.41. The zero-order valence-corrected chi connectivity index (χ0v) is 8.95. The molecule has 0 aliphatic carbocycles. The summed E-state index contributed by atoms with van der Waals surface area (Å²) < 4.78 is 23.3. The van der Waals surface area contributed by atoms with Gasteiger partial charge in [-0.25, -0.2) is 4.39 Å². The average molecular weight is 222 g/mol. The second-order valence-corrected chi connectivity index (χ2v) is 3.37. The van der Waals surface area contributed by atoms with Crippen LogP contribution in [0.25, 0.3) is 11.3 Å². The third-order valence-corrected chi connectivity index (χ3v) is 2.37. The molecule has 0 saturated carbocycles. The van der Waals surface area contributed by atoms with Crippen molar-refractivity contribution in [3.63, 3.8) is 0 Å². The molecule has 0 fully saturated rings. The molecule has 0 atom stereocenters. The maximum absolute atomic E-state index is 13.5. The molecule has 1 aromatic heterocycles. The first-order valence-electron chi connectivity index (χ1n) is 4.69. The van der Waals surface area contributed by atoms with Crippen LogP contribution in [-0.4, -0.2) is 12.3 Å². The first kappa shape index (κ1) is 10.5. The number of benzene rings is 1. The number of nitrogens with two attached hydrogens (primary N) is 1. The number of rotatable bonds is 2. The summed E-state index contributed by atoms with van der Waals surface area (Å²) in [6, 6.07) is 4.55. The number of nitrogens with zero attached hydrogens (tertiary/aromatic N) is 1. The highest BCUT2D eigenvalue weighted by Gasteiger charge is 2.13. The molecule has 0 bridgehead atoms. The second kappa shape index (κ2) is 3.84. The predicted octanol–water partition coefficient (Wildman–Crippen LogP) is 2.38. The van der Waals surface area contributed by atoms with Crippen LogP contribution in [0.3, 0.4) is 0 Å². The molecule has 0 unspecified atom stereocenters. The van der Waals surface area contributed by atoms with Gasteiger partial charge >= 0.3 is 0 Å². The van der Waals surface area contributed by atoms with E-state index in [2.05, 4.69) is 5.16 Å². The number of methoxy groups -OCH3 is 1. The van der Waals surface area contributed by atoms with Crippen LogP contribution in [0.2, 0.25) is 0 Å². The van der Waals surface area contributed by atoms with E-state index in [0.29, 0.717) is 22.7 Å². The fourth-order valence-electron chi connectivity index (χ4n) is 1.42. The molecule has 2 aromatic rings. The lowest BCUT2D eigenvalue weighted by molar-refractivity contribution is 0.386. The van der Waals surface area contributed by atoms with Gasteiger partial charge in [0.25, 0.3) is 0 Å². The molecule has 0 aliphatic rings. The van der Waals surface area contributed by atoms with Gasteiger partial charge in [-0.05, 0) is 25.1 Å². The monoisotopic (exact) mass is 222 g/mol. The molecule has 2 N–H and O–H groups in total. The number of hydrogen-bond donors (Lipinski definition) is 1. The number of nitrogen functional groups attached to an aromatic ring is 1. The number of halogens is 1. The van der Waals surface area contributed by atoms with E-state index < -0.39 is 5.82 Å². The van der Waals surface area contributed by atoms with Crippen molar-refractivity contribution in [2.75, 3.05) is 12.8 Å². The summed E-state index contributed by atoms with van der Waals surface area (Å²) in [6.45, 7) is 1.77. The summed E-state index contributed by atoms with van der Waals surface area (Å²) in [4.78, 5) is 0. The SMILES string of the molecule is COc1ccc(-c2onc(N)c2C)cc1F. The predicted molar refractivity (Wildman–Crippen MR) is 57.6 cm³/mol. The average Bonchev–Trinajstić information content (AvgIpc) is 2.60. The summed E-state index contributed by atoms with van der Waals surface area (Å²) in [6.07, 6.45) is 0. The highest BCUT2D eigenvalue weighted by atomic mass is 19.1. The molecule has 0 amide bonds. The van der Waals surface area contributed by atoms with Crippen molar-refractivity contribution < 1.29 is 13.7 Å². The molecule has 0 radical (unpaired) electrons. The number of hydrogen-bond acceptors (Lipinski definition) is 4. The molecule has 0 spiro atoms. The molecule has 1 heterocycles.